The highest BCUT2D eigenvalue weighted by Crippen LogP contribution is 2.36. The van der Waals surface area contributed by atoms with Crippen LogP contribution in [0.2, 0.25) is 0 Å². The van der Waals surface area contributed by atoms with Crippen LogP contribution in [0.25, 0.3) is 33.5 Å². The Morgan fingerprint density at radius 2 is 1.93 bits per heavy atom. The number of carboxylic acids is 2. The second-order valence-corrected chi connectivity index (χ2v) is 10.6. The number of aromatic nitrogens is 3. The lowest BCUT2D eigenvalue weighted by Gasteiger charge is -2.25. The van der Waals surface area contributed by atoms with Gasteiger partial charge in [-0.3, -0.25) is 4.79 Å². The average molecular weight is 571 g/mol. The van der Waals surface area contributed by atoms with Crippen molar-refractivity contribution in [2.75, 3.05) is 6.61 Å². The molecule has 42 heavy (non-hydrogen) atoms. The van der Waals surface area contributed by atoms with E-state index in [2.05, 4.69) is 14.9 Å². The van der Waals surface area contributed by atoms with E-state index in [0.29, 0.717) is 39.4 Å². The average Bonchev–Trinajstić information content (AvgIpc) is 3.74. The first kappa shape index (κ1) is 27.1. The van der Waals surface area contributed by atoms with Crippen molar-refractivity contribution in [3.05, 3.63) is 72.1 Å². The molecule has 1 amide bonds. The third-order valence-corrected chi connectivity index (χ3v) is 7.76. The Morgan fingerprint density at radius 3 is 2.67 bits per heavy atom. The number of hydrogen-bond acceptors (Lipinski definition) is 6. The summed E-state index contributed by atoms with van der Waals surface area (Å²) in [7, 11) is 0. The van der Waals surface area contributed by atoms with Crippen LogP contribution in [0.5, 0.6) is 5.75 Å². The summed E-state index contributed by atoms with van der Waals surface area (Å²) in [6.07, 6.45) is 8.89. The molecule has 0 aliphatic heterocycles. The number of aliphatic carboxylic acids is 2. The summed E-state index contributed by atoms with van der Waals surface area (Å²) in [5, 5.41) is 22.2. The van der Waals surface area contributed by atoms with Crippen LogP contribution in [-0.4, -0.2) is 55.2 Å². The number of fused-ring (bicyclic) bond motifs is 2. The van der Waals surface area contributed by atoms with E-state index in [1.165, 1.54) is 6.42 Å². The van der Waals surface area contributed by atoms with Gasteiger partial charge in [0.1, 0.15) is 11.8 Å². The minimum atomic E-state index is -1.21. The fraction of sp³-hybridized carbons (Fsp3) is 0.290. The molecule has 216 valence electrons. The maximum atomic E-state index is 13.3. The molecule has 6 rings (SSSR count). The SMILES string of the molecule is O=C(O)COc1ccc2[nH]cc(C[C@H](NC(=O)c3ccc4c(c3)nc(-c3ccco3)n4C3CCCCC3)C(=O)O)c2c1. The molecule has 1 aliphatic rings. The van der Waals surface area contributed by atoms with E-state index in [0.717, 1.165) is 36.7 Å². The number of ether oxygens (including phenoxy) is 1. The van der Waals surface area contributed by atoms with Gasteiger partial charge in [-0.2, -0.15) is 0 Å². The molecule has 0 radical (unpaired) electrons. The molecule has 4 N–H and O–H groups in total. The number of benzene rings is 2. The zero-order valence-electron chi connectivity index (χ0n) is 22.7. The van der Waals surface area contributed by atoms with Gasteiger partial charge in [0.25, 0.3) is 5.91 Å². The van der Waals surface area contributed by atoms with Gasteiger partial charge in [-0.1, -0.05) is 19.3 Å². The lowest BCUT2D eigenvalue weighted by Crippen LogP contribution is -2.42. The van der Waals surface area contributed by atoms with E-state index >= 15 is 0 Å². The lowest BCUT2D eigenvalue weighted by molar-refractivity contribution is -0.140. The number of hydrogen-bond donors (Lipinski definition) is 4. The minimum absolute atomic E-state index is 0.00461. The van der Waals surface area contributed by atoms with Crippen LogP contribution in [-0.2, 0) is 16.0 Å². The summed E-state index contributed by atoms with van der Waals surface area (Å²) in [5.74, 6) is -1.09. The molecule has 1 saturated carbocycles. The molecule has 5 aromatic rings. The lowest BCUT2D eigenvalue weighted by atomic mass is 9.95. The molecule has 3 heterocycles. The number of H-pyrrole nitrogens is 1. The molecule has 3 aromatic heterocycles. The van der Waals surface area contributed by atoms with Crippen LogP contribution in [0, 0.1) is 0 Å². The Balaban J connectivity index is 1.25. The third-order valence-electron chi connectivity index (χ3n) is 7.76. The summed E-state index contributed by atoms with van der Waals surface area (Å²) in [4.78, 5) is 44.3. The highest BCUT2D eigenvalue weighted by atomic mass is 16.5. The van der Waals surface area contributed by atoms with Crippen molar-refractivity contribution < 1.29 is 33.8 Å². The fourth-order valence-corrected chi connectivity index (χ4v) is 5.75. The summed E-state index contributed by atoms with van der Waals surface area (Å²) in [6.45, 7) is -0.495. The largest absolute Gasteiger partial charge is 0.482 e. The molecular formula is C31H30N4O7. The van der Waals surface area contributed by atoms with Crippen molar-refractivity contribution >= 4 is 39.8 Å². The quantitative estimate of drug-likeness (QED) is 0.179. The van der Waals surface area contributed by atoms with E-state index in [1.54, 1.807) is 42.8 Å². The number of nitrogens with one attached hydrogen (secondary N) is 2. The van der Waals surface area contributed by atoms with E-state index in [1.807, 2.05) is 18.2 Å². The first-order valence-electron chi connectivity index (χ1n) is 13.9. The van der Waals surface area contributed by atoms with Crippen molar-refractivity contribution in [2.45, 2.75) is 50.6 Å². The molecule has 11 heteroatoms. The molecule has 0 unspecified atom stereocenters. The van der Waals surface area contributed by atoms with Crippen molar-refractivity contribution in [3.63, 3.8) is 0 Å². The van der Waals surface area contributed by atoms with Crippen LogP contribution in [0.3, 0.4) is 0 Å². The second kappa shape index (κ2) is 11.4. The second-order valence-electron chi connectivity index (χ2n) is 10.6. The summed E-state index contributed by atoms with van der Waals surface area (Å²) in [6, 6.07) is 13.0. The van der Waals surface area contributed by atoms with Gasteiger partial charge in [0.05, 0.1) is 17.3 Å². The Kier molecular flexibility index (Phi) is 7.39. The first-order chi connectivity index (χ1) is 20.4. The fourth-order valence-electron chi connectivity index (χ4n) is 5.75. The zero-order chi connectivity index (χ0) is 29.2. The molecule has 0 spiro atoms. The van der Waals surface area contributed by atoms with E-state index in [4.69, 9.17) is 19.2 Å². The maximum absolute atomic E-state index is 13.3. The molecule has 2 aromatic carbocycles. The monoisotopic (exact) mass is 570 g/mol. The number of aromatic amines is 1. The van der Waals surface area contributed by atoms with Crippen molar-refractivity contribution in [3.8, 4) is 17.3 Å². The van der Waals surface area contributed by atoms with Crippen molar-refractivity contribution in [1.29, 1.82) is 0 Å². The zero-order valence-corrected chi connectivity index (χ0v) is 22.7. The van der Waals surface area contributed by atoms with Crippen LogP contribution >= 0.6 is 0 Å². The van der Waals surface area contributed by atoms with Crippen LogP contribution in [0.1, 0.15) is 54.1 Å². The summed E-state index contributed by atoms with van der Waals surface area (Å²) in [5.41, 5.74) is 3.21. The number of amides is 1. The molecule has 1 atom stereocenters. The Hall–Kier alpha value is -5.06. The highest BCUT2D eigenvalue weighted by Gasteiger charge is 2.26. The summed E-state index contributed by atoms with van der Waals surface area (Å²) >= 11 is 0. The van der Waals surface area contributed by atoms with Crippen molar-refractivity contribution in [2.24, 2.45) is 0 Å². The summed E-state index contributed by atoms with van der Waals surface area (Å²) < 4.78 is 13.2. The van der Waals surface area contributed by atoms with Gasteiger partial charge in [0.15, 0.2) is 18.2 Å². The van der Waals surface area contributed by atoms with Gasteiger partial charge in [-0.05, 0) is 66.9 Å². The normalized spacial score (nSPS) is 14.7. The minimum Gasteiger partial charge on any atom is -0.482 e. The number of carbonyl (C=O) groups excluding carboxylic acids is 1. The Labute approximate surface area is 240 Å². The van der Waals surface area contributed by atoms with Crippen LogP contribution in [0.4, 0.5) is 0 Å². The topological polar surface area (TPSA) is 160 Å². The van der Waals surface area contributed by atoms with Gasteiger partial charge < -0.3 is 34.2 Å². The van der Waals surface area contributed by atoms with Gasteiger partial charge in [-0.25, -0.2) is 14.6 Å². The van der Waals surface area contributed by atoms with Crippen molar-refractivity contribution in [1.82, 2.24) is 19.9 Å². The maximum Gasteiger partial charge on any atom is 0.341 e. The Bertz CT molecular complexity index is 1760. The Morgan fingerprint density at radius 1 is 1.10 bits per heavy atom. The van der Waals surface area contributed by atoms with Gasteiger partial charge in [0, 0.05) is 35.1 Å². The third kappa shape index (κ3) is 5.45. The first-order valence-corrected chi connectivity index (χ1v) is 13.9. The number of rotatable bonds is 10. The standard InChI is InChI=1S/C31H30N4O7/c36-28(37)17-42-21-9-10-23-22(15-21)19(16-32-23)14-25(31(39)40)34-30(38)18-8-11-26-24(13-18)33-29(27-7-4-12-41-27)35(26)20-5-2-1-3-6-20/h4,7-13,15-16,20,25,32H,1-3,5-6,14,17H2,(H,34,38)(H,36,37)(H,39,40)/t25-/m0/s1. The van der Waals surface area contributed by atoms with Crippen LogP contribution < -0.4 is 10.1 Å². The van der Waals surface area contributed by atoms with E-state index < -0.39 is 30.5 Å². The number of carboxylic acid groups (broad SMARTS) is 2. The smallest absolute Gasteiger partial charge is 0.341 e. The molecule has 1 fully saturated rings. The number of furan rings is 1. The number of carbonyl (C=O) groups is 3. The molecule has 1 aliphatic carbocycles. The van der Waals surface area contributed by atoms with Gasteiger partial charge in [0.2, 0.25) is 0 Å². The van der Waals surface area contributed by atoms with Gasteiger partial charge in [-0.15, -0.1) is 0 Å². The predicted molar refractivity (Wildman–Crippen MR) is 154 cm³/mol. The van der Waals surface area contributed by atoms with E-state index in [-0.39, 0.29) is 12.5 Å². The van der Waals surface area contributed by atoms with Gasteiger partial charge >= 0.3 is 11.9 Å². The van der Waals surface area contributed by atoms with E-state index in [9.17, 15) is 19.5 Å². The highest BCUT2D eigenvalue weighted by molar-refractivity contribution is 5.99. The predicted octanol–water partition coefficient (Wildman–Crippen LogP) is 5.17. The molecule has 0 bridgehead atoms. The molecule has 11 nitrogen and oxygen atoms in total. The van der Waals surface area contributed by atoms with Crippen LogP contribution in [0.15, 0.2) is 65.4 Å². The molecular weight excluding hydrogens is 540 g/mol. The number of nitrogens with zero attached hydrogens (tertiary/aromatic N) is 2. The molecule has 0 saturated heterocycles. The number of imidazole rings is 1.